The van der Waals surface area contributed by atoms with Crippen LogP contribution in [0.3, 0.4) is 0 Å². The molecule has 0 aliphatic carbocycles. The van der Waals surface area contributed by atoms with Gasteiger partial charge in [0.2, 0.25) is 0 Å². The number of hydrogen-bond acceptors (Lipinski definition) is 4. The number of para-hydroxylation sites is 2. The van der Waals surface area contributed by atoms with Crippen molar-refractivity contribution in [3.63, 3.8) is 0 Å². The van der Waals surface area contributed by atoms with Crippen molar-refractivity contribution in [1.82, 2.24) is 24.6 Å². The van der Waals surface area contributed by atoms with Gasteiger partial charge in [-0.25, -0.2) is 0 Å². The quantitative estimate of drug-likeness (QED) is 0.479. The Morgan fingerprint density at radius 2 is 1.93 bits per heavy atom. The number of nitrogens with one attached hydrogen (secondary N) is 1. The molecule has 142 valence electrons. The van der Waals surface area contributed by atoms with Crippen LogP contribution in [-0.2, 0) is 11.3 Å². The van der Waals surface area contributed by atoms with Crippen molar-refractivity contribution in [2.45, 2.75) is 6.54 Å². The molecule has 0 saturated carbocycles. The second-order valence-electron chi connectivity index (χ2n) is 6.19. The maximum absolute atomic E-state index is 12.2. The average Bonchev–Trinajstić information content (AvgIpc) is 3.37. The summed E-state index contributed by atoms with van der Waals surface area (Å²) in [6.07, 6.45) is 5.19. The predicted octanol–water partition coefficient (Wildman–Crippen LogP) is 3.18. The molecule has 0 atom stereocenters. The van der Waals surface area contributed by atoms with E-state index in [0.717, 1.165) is 15.7 Å². The summed E-state index contributed by atoms with van der Waals surface area (Å²) in [5.74, 6) is 0.426. The van der Waals surface area contributed by atoms with E-state index in [2.05, 4.69) is 54.2 Å². The maximum Gasteiger partial charge on any atom is 0.258 e. The second-order valence-corrected chi connectivity index (χ2v) is 7.10. The fourth-order valence-corrected chi connectivity index (χ4v) is 3.33. The molecule has 2 aromatic heterocycles. The predicted molar refractivity (Wildman–Crippen MR) is 110 cm³/mol. The highest BCUT2D eigenvalue weighted by Gasteiger charge is 2.08. The van der Waals surface area contributed by atoms with Crippen molar-refractivity contribution in [1.29, 1.82) is 0 Å². The summed E-state index contributed by atoms with van der Waals surface area (Å²) in [7, 11) is 0. The van der Waals surface area contributed by atoms with E-state index >= 15 is 0 Å². The molecule has 0 fully saturated rings. The Labute approximate surface area is 170 Å². The molecule has 4 rings (SSSR count). The molecule has 2 heterocycles. The molecule has 0 radical (unpaired) electrons. The number of hydrogen-bond donors (Lipinski definition) is 1. The fraction of sp³-hybridized carbons (Fsp3) is 0.150. The molecular weight excluding hydrogens is 422 g/mol. The molecule has 1 N–H and O–H groups in total. The third-order valence-corrected chi connectivity index (χ3v) is 4.83. The van der Waals surface area contributed by atoms with Crippen molar-refractivity contribution in [3.8, 4) is 11.4 Å². The SMILES string of the molecule is O=C(COc1ccccc1-n1cnnc1)NCCn1ccc2ccc(Br)cc21. The van der Waals surface area contributed by atoms with Gasteiger partial charge >= 0.3 is 0 Å². The van der Waals surface area contributed by atoms with E-state index in [9.17, 15) is 4.79 Å². The molecule has 0 bridgehead atoms. The Balaban J connectivity index is 1.31. The second kappa shape index (κ2) is 8.26. The number of benzene rings is 2. The van der Waals surface area contributed by atoms with Crippen LogP contribution in [0, 0.1) is 0 Å². The van der Waals surface area contributed by atoms with Gasteiger partial charge in [0.1, 0.15) is 18.4 Å². The minimum Gasteiger partial charge on any atom is -0.482 e. The van der Waals surface area contributed by atoms with Crippen LogP contribution in [0.25, 0.3) is 16.6 Å². The number of fused-ring (bicyclic) bond motifs is 1. The highest BCUT2D eigenvalue weighted by Crippen LogP contribution is 2.22. The van der Waals surface area contributed by atoms with Crippen LogP contribution in [0.2, 0.25) is 0 Å². The highest BCUT2D eigenvalue weighted by molar-refractivity contribution is 9.10. The first-order chi connectivity index (χ1) is 13.7. The molecule has 4 aromatic rings. The van der Waals surface area contributed by atoms with Crippen LogP contribution >= 0.6 is 15.9 Å². The van der Waals surface area contributed by atoms with E-state index < -0.39 is 0 Å². The van der Waals surface area contributed by atoms with E-state index in [1.54, 1.807) is 17.2 Å². The largest absolute Gasteiger partial charge is 0.482 e. The van der Waals surface area contributed by atoms with Crippen molar-refractivity contribution in [2.75, 3.05) is 13.2 Å². The molecule has 1 amide bonds. The summed E-state index contributed by atoms with van der Waals surface area (Å²) in [5.41, 5.74) is 1.91. The first-order valence-corrected chi connectivity index (χ1v) is 9.58. The van der Waals surface area contributed by atoms with Gasteiger partial charge in [0.15, 0.2) is 6.61 Å². The standard InChI is InChI=1S/C20H18BrN5O2/c21-16-6-5-15-7-9-25(18(15)11-16)10-8-22-20(27)12-28-19-4-2-1-3-17(19)26-13-23-24-14-26/h1-7,9,11,13-14H,8,10,12H2,(H,22,27). The first-order valence-electron chi connectivity index (χ1n) is 8.78. The third-order valence-electron chi connectivity index (χ3n) is 4.33. The Morgan fingerprint density at radius 3 is 2.79 bits per heavy atom. The zero-order valence-corrected chi connectivity index (χ0v) is 16.5. The van der Waals surface area contributed by atoms with E-state index in [1.807, 2.05) is 36.5 Å². The van der Waals surface area contributed by atoms with Gasteiger partial charge in [0.05, 0.1) is 5.69 Å². The number of ether oxygens (including phenoxy) is 1. The summed E-state index contributed by atoms with van der Waals surface area (Å²) in [4.78, 5) is 12.2. The molecule has 0 unspecified atom stereocenters. The molecule has 2 aromatic carbocycles. The molecular formula is C20H18BrN5O2. The van der Waals surface area contributed by atoms with Crippen molar-refractivity contribution >= 4 is 32.7 Å². The van der Waals surface area contributed by atoms with E-state index in [1.165, 1.54) is 5.39 Å². The van der Waals surface area contributed by atoms with Crippen LogP contribution in [0.1, 0.15) is 0 Å². The van der Waals surface area contributed by atoms with Crippen LogP contribution < -0.4 is 10.1 Å². The highest BCUT2D eigenvalue weighted by atomic mass is 79.9. The van der Waals surface area contributed by atoms with Crippen molar-refractivity contribution < 1.29 is 9.53 Å². The van der Waals surface area contributed by atoms with E-state index in [0.29, 0.717) is 18.8 Å². The number of halogens is 1. The molecule has 7 nitrogen and oxygen atoms in total. The Bertz CT molecular complexity index is 1090. The Kier molecular flexibility index (Phi) is 5.38. The summed E-state index contributed by atoms with van der Waals surface area (Å²) < 4.78 is 10.6. The van der Waals surface area contributed by atoms with Crippen LogP contribution in [0.4, 0.5) is 0 Å². The lowest BCUT2D eigenvalue weighted by Gasteiger charge is -2.12. The summed E-state index contributed by atoms with van der Waals surface area (Å²) in [5, 5.41) is 11.7. The number of amides is 1. The van der Waals surface area contributed by atoms with Gasteiger partial charge in [-0.1, -0.05) is 34.1 Å². The lowest BCUT2D eigenvalue weighted by atomic mass is 10.2. The minimum atomic E-state index is -0.170. The number of rotatable bonds is 7. The smallest absolute Gasteiger partial charge is 0.258 e. The molecule has 0 saturated heterocycles. The Hall–Kier alpha value is -3.13. The van der Waals surface area contributed by atoms with Crippen molar-refractivity contribution in [3.05, 3.63) is 71.9 Å². The van der Waals surface area contributed by atoms with Crippen molar-refractivity contribution in [2.24, 2.45) is 0 Å². The Morgan fingerprint density at radius 1 is 1.11 bits per heavy atom. The zero-order chi connectivity index (χ0) is 19.3. The fourth-order valence-electron chi connectivity index (χ4n) is 2.98. The number of carbonyl (C=O) groups excluding carboxylic acids is 1. The van der Waals surface area contributed by atoms with Crippen LogP contribution in [-0.4, -0.2) is 38.4 Å². The normalized spacial score (nSPS) is 10.9. The topological polar surface area (TPSA) is 74.0 Å². The van der Waals surface area contributed by atoms with Gasteiger partial charge in [-0.05, 0) is 35.7 Å². The minimum absolute atomic E-state index is 0.0584. The third kappa shape index (κ3) is 4.07. The molecule has 28 heavy (non-hydrogen) atoms. The molecule has 8 heteroatoms. The number of carbonyl (C=O) groups is 1. The molecule has 0 aliphatic heterocycles. The molecule has 0 spiro atoms. The lowest BCUT2D eigenvalue weighted by Crippen LogP contribution is -2.31. The van der Waals surface area contributed by atoms with Crippen LogP contribution in [0.5, 0.6) is 5.75 Å². The van der Waals surface area contributed by atoms with E-state index in [-0.39, 0.29) is 12.5 Å². The van der Waals surface area contributed by atoms with E-state index in [4.69, 9.17) is 4.74 Å². The maximum atomic E-state index is 12.2. The van der Waals surface area contributed by atoms with Gasteiger partial charge in [-0.15, -0.1) is 10.2 Å². The summed E-state index contributed by atoms with van der Waals surface area (Å²) in [6.45, 7) is 1.14. The first kappa shape index (κ1) is 18.2. The molecule has 0 aliphatic rings. The van der Waals surface area contributed by atoms with Gasteiger partial charge in [-0.2, -0.15) is 0 Å². The lowest BCUT2D eigenvalue weighted by molar-refractivity contribution is -0.123. The van der Waals surface area contributed by atoms with Gasteiger partial charge in [-0.3, -0.25) is 9.36 Å². The summed E-state index contributed by atoms with van der Waals surface area (Å²) >= 11 is 3.50. The average molecular weight is 440 g/mol. The zero-order valence-electron chi connectivity index (χ0n) is 15.0. The number of aromatic nitrogens is 4. The van der Waals surface area contributed by atoms with Crippen LogP contribution in [0.15, 0.2) is 71.9 Å². The summed E-state index contributed by atoms with van der Waals surface area (Å²) in [6, 6.07) is 15.7. The monoisotopic (exact) mass is 439 g/mol. The van der Waals surface area contributed by atoms with Gasteiger partial charge < -0.3 is 14.6 Å². The van der Waals surface area contributed by atoms with Gasteiger partial charge in [0.25, 0.3) is 5.91 Å². The number of nitrogens with zero attached hydrogens (tertiary/aromatic N) is 4. The van der Waals surface area contributed by atoms with Gasteiger partial charge in [0, 0.05) is 29.3 Å².